The zero-order chi connectivity index (χ0) is 21.9. The summed E-state index contributed by atoms with van der Waals surface area (Å²) in [7, 11) is 0. The maximum absolute atomic E-state index is 12.8. The Hall–Kier alpha value is -3.46. The molecular formula is C23H21N3O5S. The molecule has 2 aliphatic rings. The predicted octanol–water partition coefficient (Wildman–Crippen LogP) is 3.72. The van der Waals surface area contributed by atoms with Gasteiger partial charge in [-0.2, -0.15) is 0 Å². The number of thioether (sulfide) groups is 1. The van der Waals surface area contributed by atoms with E-state index < -0.39 is 6.10 Å². The van der Waals surface area contributed by atoms with E-state index in [4.69, 9.17) is 18.9 Å². The van der Waals surface area contributed by atoms with Crippen molar-refractivity contribution in [2.24, 2.45) is 0 Å². The van der Waals surface area contributed by atoms with Crippen molar-refractivity contribution in [3.05, 3.63) is 66.5 Å². The molecule has 0 bridgehead atoms. The lowest BCUT2D eigenvalue weighted by Crippen LogP contribution is -2.25. The summed E-state index contributed by atoms with van der Waals surface area (Å²) < 4.78 is 24.9. The van der Waals surface area contributed by atoms with Crippen LogP contribution in [0.1, 0.15) is 22.3 Å². The maximum atomic E-state index is 12.8. The van der Waals surface area contributed by atoms with Gasteiger partial charge in [-0.25, -0.2) is 0 Å². The molecule has 1 atom stereocenters. The first-order valence-corrected chi connectivity index (χ1v) is 11.2. The molecule has 0 unspecified atom stereocenters. The molecule has 0 saturated heterocycles. The lowest BCUT2D eigenvalue weighted by atomic mass is 10.1. The van der Waals surface area contributed by atoms with E-state index >= 15 is 0 Å². The highest BCUT2D eigenvalue weighted by molar-refractivity contribution is 7.99. The molecule has 3 aromatic rings. The highest BCUT2D eigenvalue weighted by Gasteiger charge is 2.28. The molecule has 0 spiro atoms. The number of ketones is 1. The van der Waals surface area contributed by atoms with Crippen LogP contribution in [0.2, 0.25) is 0 Å². The highest BCUT2D eigenvalue weighted by atomic mass is 32.2. The summed E-state index contributed by atoms with van der Waals surface area (Å²) in [6, 6.07) is 12.8. The second-order valence-corrected chi connectivity index (χ2v) is 8.12. The van der Waals surface area contributed by atoms with E-state index in [1.807, 2.05) is 28.8 Å². The molecule has 9 heteroatoms. The van der Waals surface area contributed by atoms with Gasteiger partial charge in [0.25, 0.3) is 0 Å². The second-order valence-electron chi connectivity index (χ2n) is 7.17. The smallest absolute Gasteiger partial charge is 0.192 e. The van der Waals surface area contributed by atoms with Crippen molar-refractivity contribution in [1.29, 1.82) is 0 Å². The van der Waals surface area contributed by atoms with E-state index in [9.17, 15) is 4.79 Å². The predicted molar refractivity (Wildman–Crippen MR) is 118 cm³/mol. The number of hydrogen-bond acceptors (Lipinski definition) is 8. The summed E-state index contributed by atoms with van der Waals surface area (Å²) >= 11 is 1.32. The van der Waals surface area contributed by atoms with Crippen LogP contribution in [-0.2, 0) is 6.54 Å². The van der Waals surface area contributed by atoms with Crippen LogP contribution in [-0.4, -0.2) is 46.1 Å². The van der Waals surface area contributed by atoms with E-state index in [-0.39, 0.29) is 11.5 Å². The standard InChI is InChI=1S/C23H21N3O5S/c1-2-9-26-22(21-13-30-17-5-3-4-6-19(17)31-21)24-25-23(26)32-14-16(27)15-7-8-18-20(12-15)29-11-10-28-18/h2-8,12,21H,1,9-11,13-14H2/t21-/m0/s1. The van der Waals surface area contributed by atoms with Crippen LogP contribution in [0.3, 0.4) is 0 Å². The monoisotopic (exact) mass is 451 g/mol. The molecule has 5 rings (SSSR count). The first-order valence-electron chi connectivity index (χ1n) is 10.2. The van der Waals surface area contributed by atoms with Crippen molar-refractivity contribution in [1.82, 2.24) is 14.8 Å². The molecule has 32 heavy (non-hydrogen) atoms. The molecule has 0 amide bonds. The van der Waals surface area contributed by atoms with E-state index in [0.717, 1.165) is 0 Å². The van der Waals surface area contributed by atoms with E-state index in [2.05, 4.69) is 16.8 Å². The molecule has 0 N–H and O–H groups in total. The van der Waals surface area contributed by atoms with E-state index in [1.165, 1.54) is 11.8 Å². The molecule has 3 heterocycles. The van der Waals surface area contributed by atoms with Crippen LogP contribution in [0, 0.1) is 0 Å². The number of hydrogen-bond donors (Lipinski definition) is 0. The van der Waals surface area contributed by atoms with Gasteiger partial charge in [-0.1, -0.05) is 30.0 Å². The number of nitrogens with zero attached hydrogens (tertiary/aromatic N) is 3. The van der Waals surface area contributed by atoms with Crippen LogP contribution in [0.25, 0.3) is 0 Å². The van der Waals surface area contributed by atoms with Crippen molar-refractivity contribution < 1.29 is 23.7 Å². The first kappa shape index (κ1) is 20.4. The van der Waals surface area contributed by atoms with Crippen LogP contribution < -0.4 is 18.9 Å². The van der Waals surface area contributed by atoms with Crippen molar-refractivity contribution in [2.45, 2.75) is 17.8 Å². The fourth-order valence-electron chi connectivity index (χ4n) is 3.52. The summed E-state index contributed by atoms with van der Waals surface area (Å²) in [4.78, 5) is 12.8. The van der Waals surface area contributed by atoms with E-state index in [1.54, 1.807) is 24.3 Å². The van der Waals surface area contributed by atoms with Crippen molar-refractivity contribution in [3.8, 4) is 23.0 Å². The minimum atomic E-state index is -0.403. The van der Waals surface area contributed by atoms with Gasteiger partial charge < -0.3 is 18.9 Å². The van der Waals surface area contributed by atoms with Gasteiger partial charge in [-0.05, 0) is 30.3 Å². The zero-order valence-corrected chi connectivity index (χ0v) is 18.0. The molecule has 0 fully saturated rings. The quantitative estimate of drug-likeness (QED) is 0.305. The molecule has 2 aromatic carbocycles. The fraction of sp³-hybridized carbons (Fsp3) is 0.261. The zero-order valence-electron chi connectivity index (χ0n) is 17.2. The molecular weight excluding hydrogens is 430 g/mol. The number of ether oxygens (including phenoxy) is 4. The van der Waals surface area contributed by atoms with E-state index in [0.29, 0.717) is 65.9 Å². The number of carbonyl (C=O) groups excluding carboxylic acids is 1. The fourth-order valence-corrected chi connectivity index (χ4v) is 4.37. The van der Waals surface area contributed by atoms with Gasteiger partial charge in [0, 0.05) is 12.1 Å². The third-order valence-corrected chi connectivity index (χ3v) is 6.02. The van der Waals surface area contributed by atoms with Crippen molar-refractivity contribution in [3.63, 3.8) is 0 Å². The highest BCUT2D eigenvalue weighted by Crippen LogP contribution is 2.36. The summed E-state index contributed by atoms with van der Waals surface area (Å²) in [5.41, 5.74) is 0.567. The molecule has 164 valence electrons. The van der Waals surface area contributed by atoms with Crippen LogP contribution in [0.15, 0.2) is 60.3 Å². The minimum Gasteiger partial charge on any atom is -0.486 e. The Balaban J connectivity index is 1.31. The second kappa shape index (κ2) is 8.96. The summed E-state index contributed by atoms with van der Waals surface area (Å²) in [5, 5.41) is 9.25. The Morgan fingerprint density at radius 2 is 1.84 bits per heavy atom. The van der Waals surface area contributed by atoms with Crippen LogP contribution in [0.4, 0.5) is 0 Å². The molecule has 8 nitrogen and oxygen atoms in total. The molecule has 0 saturated carbocycles. The molecule has 2 aliphatic heterocycles. The summed E-state index contributed by atoms with van der Waals surface area (Å²) in [5.74, 6) is 3.44. The third kappa shape index (κ3) is 4.03. The number of benzene rings is 2. The maximum Gasteiger partial charge on any atom is 0.192 e. The minimum absolute atomic E-state index is 0.0344. The SMILES string of the molecule is C=CCn1c(SCC(=O)c2ccc3c(c2)OCCO3)nnc1[C@@H]1COc2ccccc2O1. The molecule has 0 aliphatic carbocycles. The average Bonchev–Trinajstić information content (AvgIpc) is 3.24. The Labute approximate surface area is 189 Å². The molecule has 0 radical (unpaired) electrons. The Kier molecular flexibility index (Phi) is 5.72. The van der Waals surface area contributed by atoms with Crippen molar-refractivity contribution in [2.75, 3.05) is 25.6 Å². The summed E-state index contributed by atoms with van der Waals surface area (Å²) in [6.45, 7) is 5.64. The van der Waals surface area contributed by atoms with Crippen LogP contribution >= 0.6 is 11.8 Å². The summed E-state index contributed by atoms with van der Waals surface area (Å²) in [6.07, 6.45) is 1.36. The number of fused-ring (bicyclic) bond motifs is 2. The van der Waals surface area contributed by atoms with Gasteiger partial charge in [-0.3, -0.25) is 9.36 Å². The Bertz CT molecular complexity index is 1160. The van der Waals surface area contributed by atoms with Crippen LogP contribution in [0.5, 0.6) is 23.0 Å². The topological polar surface area (TPSA) is 84.7 Å². The van der Waals surface area contributed by atoms with Gasteiger partial charge in [0.05, 0.1) is 5.75 Å². The van der Waals surface area contributed by atoms with Crippen molar-refractivity contribution >= 4 is 17.5 Å². The van der Waals surface area contributed by atoms with Gasteiger partial charge in [0.1, 0.15) is 19.8 Å². The number of Topliss-reactive ketones (excluding diaryl/α,β-unsaturated/α-hetero) is 1. The molecule has 1 aromatic heterocycles. The third-order valence-electron chi connectivity index (χ3n) is 5.05. The average molecular weight is 452 g/mol. The first-order chi connectivity index (χ1) is 15.7. The number of allylic oxidation sites excluding steroid dienone is 1. The van der Waals surface area contributed by atoms with Gasteiger partial charge in [0.15, 0.2) is 45.9 Å². The number of rotatable bonds is 7. The largest absolute Gasteiger partial charge is 0.486 e. The normalized spacial score (nSPS) is 16.4. The van der Waals surface area contributed by atoms with Gasteiger partial charge >= 0.3 is 0 Å². The number of para-hydroxylation sites is 2. The van der Waals surface area contributed by atoms with Gasteiger partial charge in [-0.15, -0.1) is 16.8 Å². The number of carbonyl (C=O) groups is 1. The lowest BCUT2D eigenvalue weighted by Gasteiger charge is -2.26. The van der Waals surface area contributed by atoms with Gasteiger partial charge in [0.2, 0.25) is 0 Å². The Morgan fingerprint density at radius 1 is 1.06 bits per heavy atom. The lowest BCUT2D eigenvalue weighted by molar-refractivity contribution is 0.0821. The Morgan fingerprint density at radius 3 is 2.69 bits per heavy atom. The number of aromatic nitrogens is 3.